The molecule has 0 amide bonds. The van der Waals surface area contributed by atoms with Gasteiger partial charge in [-0.3, -0.25) is 5.84 Å². The fraction of sp³-hybridized carbons (Fsp3) is 0.333. The van der Waals surface area contributed by atoms with Crippen LogP contribution in [0, 0.1) is 27.7 Å². The van der Waals surface area contributed by atoms with Crippen molar-refractivity contribution in [3.05, 3.63) is 63.7 Å². The van der Waals surface area contributed by atoms with Crippen molar-refractivity contribution < 1.29 is 4.74 Å². The minimum absolute atomic E-state index is 0.0195. The molecular formula is C18H24N2O. The molecule has 0 saturated carbocycles. The largest absolute Gasteiger partial charge is 0.496 e. The van der Waals surface area contributed by atoms with Gasteiger partial charge in [0.15, 0.2) is 0 Å². The van der Waals surface area contributed by atoms with Crippen LogP contribution in [0.1, 0.15) is 39.4 Å². The molecule has 0 bridgehead atoms. The Kier molecular flexibility index (Phi) is 4.66. The van der Waals surface area contributed by atoms with Crippen molar-refractivity contribution in [2.45, 2.75) is 33.7 Å². The van der Waals surface area contributed by atoms with Crippen LogP contribution in [0.15, 0.2) is 30.3 Å². The van der Waals surface area contributed by atoms with Crippen molar-refractivity contribution in [1.82, 2.24) is 5.43 Å². The van der Waals surface area contributed by atoms with Gasteiger partial charge in [-0.15, -0.1) is 0 Å². The molecule has 2 aromatic rings. The van der Waals surface area contributed by atoms with E-state index in [1.165, 1.54) is 22.3 Å². The Bertz CT molecular complexity index is 650. The second-order valence-corrected chi connectivity index (χ2v) is 5.62. The molecule has 3 nitrogen and oxygen atoms in total. The minimum Gasteiger partial charge on any atom is -0.496 e. The smallest absolute Gasteiger partial charge is 0.121 e. The van der Waals surface area contributed by atoms with Crippen molar-refractivity contribution in [2.24, 2.45) is 5.84 Å². The Balaban J connectivity index is 2.49. The third kappa shape index (κ3) is 3.09. The van der Waals surface area contributed by atoms with Gasteiger partial charge in [0, 0.05) is 0 Å². The number of rotatable bonds is 4. The van der Waals surface area contributed by atoms with Gasteiger partial charge in [-0.2, -0.15) is 0 Å². The van der Waals surface area contributed by atoms with E-state index in [4.69, 9.17) is 10.6 Å². The van der Waals surface area contributed by atoms with E-state index >= 15 is 0 Å². The lowest BCUT2D eigenvalue weighted by atomic mass is 9.91. The second kappa shape index (κ2) is 6.29. The van der Waals surface area contributed by atoms with E-state index in [9.17, 15) is 0 Å². The average molecular weight is 284 g/mol. The number of nitrogens with two attached hydrogens (primary N) is 1. The van der Waals surface area contributed by atoms with Gasteiger partial charge in [0.05, 0.1) is 13.2 Å². The molecule has 0 heterocycles. The summed E-state index contributed by atoms with van der Waals surface area (Å²) in [4.78, 5) is 0. The molecule has 0 spiro atoms. The molecule has 0 radical (unpaired) electrons. The molecule has 2 aromatic carbocycles. The van der Waals surface area contributed by atoms with Crippen molar-refractivity contribution in [3.8, 4) is 5.75 Å². The lowest BCUT2D eigenvalue weighted by molar-refractivity contribution is 0.411. The first-order valence-electron chi connectivity index (χ1n) is 7.16. The van der Waals surface area contributed by atoms with Gasteiger partial charge in [0.2, 0.25) is 0 Å². The number of hydrogen-bond donors (Lipinski definition) is 2. The maximum atomic E-state index is 5.83. The monoisotopic (exact) mass is 284 g/mol. The Morgan fingerprint density at radius 3 is 2.14 bits per heavy atom. The Morgan fingerprint density at radius 2 is 1.57 bits per heavy atom. The third-order valence-corrected chi connectivity index (χ3v) is 4.11. The first kappa shape index (κ1) is 15.5. The predicted octanol–water partition coefficient (Wildman–Crippen LogP) is 3.48. The van der Waals surface area contributed by atoms with Crippen LogP contribution in [0.4, 0.5) is 0 Å². The summed E-state index contributed by atoms with van der Waals surface area (Å²) in [7, 11) is 1.69. The van der Waals surface area contributed by atoms with Gasteiger partial charge in [0.1, 0.15) is 5.75 Å². The summed E-state index contributed by atoms with van der Waals surface area (Å²) in [6, 6.07) is 10.6. The van der Waals surface area contributed by atoms with Crippen LogP contribution >= 0.6 is 0 Å². The highest BCUT2D eigenvalue weighted by atomic mass is 16.5. The first-order chi connectivity index (χ1) is 9.97. The molecule has 1 unspecified atom stereocenters. The second-order valence-electron chi connectivity index (χ2n) is 5.62. The number of methoxy groups -OCH3 is 1. The molecular weight excluding hydrogens is 260 g/mol. The van der Waals surface area contributed by atoms with E-state index in [-0.39, 0.29) is 6.04 Å². The Labute approximate surface area is 127 Å². The fourth-order valence-corrected chi connectivity index (χ4v) is 2.74. The molecule has 2 rings (SSSR count). The number of nitrogens with one attached hydrogen (secondary N) is 1. The number of ether oxygens (including phenoxy) is 1. The molecule has 0 aliphatic rings. The van der Waals surface area contributed by atoms with Crippen LogP contribution in [0.25, 0.3) is 0 Å². The summed E-state index contributed by atoms with van der Waals surface area (Å²) in [6.07, 6.45) is 0. The Morgan fingerprint density at radius 1 is 0.905 bits per heavy atom. The lowest BCUT2D eigenvalue weighted by Crippen LogP contribution is -2.29. The molecule has 0 aromatic heterocycles. The maximum Gasteiger partial charge on any atom is 0.121 e. The standard InChI is InChI=1S/C18H24N2O/c1-11-8-13(3)16(10-12(11)2)18(20-19)15-6-7-17(21-5)14(4)9-15/h6-10,18,20H,19H2,1-5H3. The van der Waals surface area contributed by atoms with Crippen LogP contribution in [-0.2, 0) is 0 Å². The van der Waals surface area contributed by atoms with Crippen molar-refractivity contribution in [2.75, 3.05) is 7.11 Å². The SMILES string of the molecule is COc1ccc(C(NN)c2cc(C)c(C)cc2C)cc1C. The number of hydrogen-bond acceptors (Lipinski definition) is 3. The molecule has 21 heavy (non-hydrogen) atoms. The van der Waals surface area contributed by atoms with E-state index < -0.39 is 0 Å². The minimum atomic E-state index is -0.0195. The normalized spacial score (nSPS) is 12.3. The van der Waals surface area contributed by atoms with Crippen molar-refractivity contribution in [1.29, 1.82) is 0 Å². The summed E-state index contributed by atoms with van der Waals surface area (Å²) >= 11 is 0. The summed E-state index contributed by atoms with van der Waals surface area (Å²) in [6.45, 7) is 8.44. The molecule has 0 saturated heterocycles. The molecule has 3 heteroatoms. The molecule has 3 N–H and O–H groups in total. The number of aryl methyl sites for hydroxylation is 4. The average Bonchev–Trinajstić information content (AvgIpc) is 2.45. The molecule has 0 fully saturated rings. The van der Waals surface area contributed by atoms with E-state index in [2.05, 4.69) is 50.5 Å². The quantitative estimate of drug-likeness (QED) is 0.667. The summed E-state index contributed by atoms with van der Waals surface area (Å²) in [5, 5.41) is 0. The topological polar surface area (TPSA) is 47.3 Å². The zero-order chi connectivity index (χ0) is 15.6. The van der Waals surface area contributed by atoms with Gasteiger partial charge in [-0.1, -0.05) is 24.3 Å². The van der Waals surface area contributed by atoms with Gasteiger partial charge < -0.3 is 4.74 Å². The van der Waals surface area contributed by atoms with Gasteiger partial charge in [-0.25, -0.2) is 5.43 Å². The van der Waals surface area contributed by atoms with E-state index in [1.807, 2.05) is 13.0 Å². The zero-order valence-corrected chi connectivity index (χ0v) is 13.4. The molecule has 0 aliphatic heterocycles. The van der Waals surface area contributed by atoms with Crippen LogP contribution in [-0.4, -0.2) is 7.11 Å². The highest BCUT2D eigenvalue weighted by Gasteiger charge is 2.16. The van der Waals surface area contributed by atoms with Gasteiger partial charge in [0.25, 0.3) is 0 Å². The summed E-state index contributed by atoms with van der Waals surface area (Å²) < 4.78 is 5.33. The van der Waals surface area contributed by atoms with Crippen LogP contribution in [0.2, 0.25) is 0 Å². The van der Waals surface area contributed by atoms with Crippen molar-refractivity contribution in [3.63, 3.8) is 0 Å². The summed E-state index contributed by atoms with van der Waals surface area (Å²) in [5.74, 6) is 6.73. The van der Waals surface area contributed by atoms with Gasteiger partial charge in [-0.05, 0) is 67.1 Å². The number of benzene rings is 2. The van der Waals surface area contributed by atoms with Crippen LogP contribution < -0.4 is 16.0 Å². The van der Waals surface area contributed by atoms with Crippen molar-refractivity contribution >= 4 is 0 Å². The van der Waals surface area contributed by atoms with Crippen LogP contribution in [0.5, 0.6) is 5.75 Å². The van der Waals surface area contributed by atoms with E-state index in [1.54, 1.807) is 7.11 Å². The number of hydrazine groups is 1. The van der Waals surface area contributed by atoms with E-state index in [0.29, 0.717) is 0 Å². The van der Waals surface area contributed by atoms with Crippen LogP contribution in [0.3, 0.4) is 0 Å². The summed E-state index contributed by atoms with van der Waals surface area (Å²) in [5.41, 5.74) is 10.2. The first-order valence-corrected chi connectivity index (χ1v) is 7.16. The zero-order valence-electron chi connectivity index (χ0n) is 13.4. The predicted molar refractivity (Wildman–Crippen MR) is 87.6 cm³/mol. The Hall–Kier alpha value is -1.84. The maximum absolute atomic E-state index is 5.83. The molecule has 1 atom stereocenters. The molecule has 0 aliphatic carbocycles. The van der Waals surface area contributed by atoms with Gasteiger partial charge >= 0.3 is 0 Å². The van der Waals surface area contributed by atoms with E-state index in [0.717, 1.165) is 16.9 Å². The fourth-order valence-electron chi connectivity index (χ4n) is 2.74. The molecule has 112 valence electrons. The third-order valence-electron chi connectivity index (χ3n) is 4.11. The lowest BCUT2D eigenvalue weighted by Gasteiger charge is -2.21. The highest BCUT2D eigenvalue weighted by Crippen LogP contribution is 2.29. The highest BCUT2D eigenvalue weighted by molar-refractivity contribution is 5.45.